The average molecular weight is 175 g/mol. The molecule has 1 atom stereocenters. The second-order valence-corrected chi connectivity index (χ2v) is 3.39. The van der Waals surface area contributed by atoms with Crippen molar-refractivity contribution >= 4 is 11.8 Å². The molecule has 0 saturated heterocycles. The molecular weight excluding hydrogens is 166 g/mol. The number of fused-ring (bicyclic) bond motifs is 2. The summed E-state index contributed by atoms with van der Waals surface area (Å²) >= 11 is 0. The fraction of sp³-hybridized carbons (Fsp3) is 0.222. The van der Waals surface area contributed by atoms with Crippen LogP contribution in [0.5, 0.6) is 0 Å². The predicted octanol–water partition coefficient (Wildman–Crippen LogP) is -0.758. The van der Waals surface area contributed by atoms with Crippen molar-refractivity contribution in [3.05, 3.63) is 28.3 Å². The first-order valence-corrected chi connectivity index (χ1v) is 4.23. The zero-order valence-electron chi connectivity index (χ0n) is 6.95. The van der Waals surface area contributed by atoms with Crippen LogP contribution in [0.1, 0.15) is 5.56 Å². The van der Waals surface area contributed by atoms with E-state index in [4.69, 9.17) is 10.7 Å². The van der Waals surface area contributed by atoms with E-state index >= 15 is 0 Å². The summed E-state index contributed by atoms with van der Waals surface area (Å²) in [6.07, 6.45) is 2.97. The molecule has 13 heavy (non-hydrogen) atoms. The van der Waals surface area contributed by atoms with E-state index in [1.165, 1.54) is 10.8 Å². The van der Waals surface area contributed by atoms with Gasteiger partial charge in [-0.05, 0) is 29.3 Å². The van der Waals surface area contributed by atoms with Crippen LogP contribution in [0, 0.1) is 0 Å². The van der Waals surface area contributed by atoms with Crippen molar-refractivity contribution in [2.75, 3.05) is 5.48 Å². The molecule has 1 unspecified atom stereocenters. The molecule has 2 aliphatic rings. The van der Waals surface area contributed by atoms with Crippen LogP contribution in [-0.4, -0.2) is 6.04 Å². The smallest absolute Gasteiger partial charge is 0.132 e. The Hall–Kier alpha value is -1.55. The Morgan fingerprint density at radius 2 is 2.46 bits per heavy atom. The van der Waals surface area contributed by atoms with Gasteiger partial charge in [-0.15, -0.1) is 0 Å². The molecule has 3 N–H and O–H groups in total. The number of nitrogens with two attached hydrogens (primary N) is 1. The molecule has 1 aromatic rings. The summed E-state index contributed by atoms with van der Waals surface area (Å²) in [7, 11) is 0. The number of hydrogen-bond acceptors (Lipinski definition) is 4. The van der Waals surface area contributed by atoms with Gasteiger partial charge >= 0.3 is 0 Å². The normalized spacial score (nSPS) is 22.1. The molecule has 3 rings (SSSR count). The van der Waals surface area contributed by atoms with Crippen molar-refractivity contribution in [2.24, 2.45) is 10.9 Å². The molecule has 0 amide bonds. The monoisotopic (exact) mass is 175 g/mol. The lowest BCUT2D eigenvalue weighted by Crippen LogP contribution is -2.15. The third kappa shape index (κ3) is 0.922. The van der Waals surface area contributed by atoms with Crippen LogP contribution < -0.4 is 21.8 Å². The number of hydrogen-bond donors (Lipinski definition) is 2. The first-order valence-electron chi connectivity index (χ1n) is 4.23. The Balaban J connectivity index is 2.30. The maximum Gasteiger partial charge on any atom is 0.132 e. The quantitative estimate of drug-likeness (QED) is 0.545. The first-order chi connectivity index (χ1) is 6.33. The second kappa shape index (κ2) is 2.23. The summed E-state index contributed by atoms with van der Waals surface area (Å²) in [6.45, 7) is 0. The van der Waals surface area contributed by atoms with Gasteiger partial charge in [0.05, 0.1) is 0 Å². The standard InChI is InChI=1S/C9H9N3O/c10-7-1-5-3-8-9(12-13-11-8)4-6(5)2-7/h1,3-4,7,11H,2,10H2. The third-order valence-electron chi connectivity index (χ3n) is 2.41. The van der Waals surface area contributed by atoms with E-state index in [0.717, 1.165) is 17.5 Å². The lowest BCUT2D eigenvalue weighted by Gasteiger charge is -1.96. The Bertz CT molecular complexity index is 480. The molecule has 66 valence electrons. The van der Waals surface area contributed by atoms with Crippen LogP contribution >= 0.6 is 0 Å². The van der Waals surface area contributed by atoms with E-state index in [0.29, 0.717) is 0 Å². The molecule has 0 aromatic heterocycles. The van der Waals surface area contributed by atoms with Gasteiger partial charge in [0.1, 0.15) is 11.0 Å². The van der Waals surface area contributed by atoms with Gasteiger partial charge in [0, 0.05) is 6.04 Å². The predicted molar refractivity (Wildman–Crippen MR) is 48.1 cm³/mol. The van der Waals surface area contributed by atoms with Gasteiger partial charge in [-0.3, -0.25) is 4.94 Å². The van der Waals surface area contributed by atoms with E-state index in [2.05, 4.69) is 16.7 Å². The van der Waals surface area contributed by atoms with Crippen molar-refractivity contribution in [3.8, 4) is 0 Å². The highest BCUT2D eigenvalue weighted by atomic mass is 16.8. The summed E-state index contributed by atoms with van der Waals surface area (Å²) in [5.74, 6) is 0. The first kappa shape index (κ1) is 6.91. The van der Waals surface area contributed by atoms with Gasteiger partial charge in [0.15, 0.2) is 0 Å². The summed E-state index contributed by atoms with van der Waals surface area (Å²) in [6, 6.07) is 4.20. The highest BCUT2D eigenvalue weighted by molar-refractivity contribution is 5.51. The maximum atomic E-state index is 5.81. The Kier molecular flexibility index (Phi) is 1.19. The third-order valence-corrected chi connectivity index (χ3v) is 2.41. The molecule has 1 aliphatic heterocycles. The van der Waals surface area contributed by atoms with Crippen LogP contribution in [0.3, 0.4) is 0 Å². The zero-order valence-corrected chi connectivity index (χ0v) is 6.95. The minimum atomic E-state index is 0.151. The summed E-state index contributed by atoms with van der Waals surface area (Å²) in [5.41, 5.74) is 10.7. The molecule has 0 fully saturated rings. The molecule has 1 aliphatic carbocycles. The topological polar surface area (TPSA) is 59.6 Å². The molecule has 4 nitrogen and oxygen atoms in total. The van der Waals surface area contributed by atoms with Gasteiger partial charge in [-0.25, -0.2) is 0 Å². The van der Waals surface area contributed by atoms with Crippen molar-refractivity contribution in [1.82, 2.24) is 0 Å². The van der Waals surface area contributed by atoms with Crippen molar-refractivity contribution in [1.29, 1.82) is 0 Å². The number of nitrogens with one attached hydrogen (secondary N) is 1. The second-order valence-electron chi connectivity index (χ2n) is 3.39. The van der Waals surface area contributed by atoms with Crippen LogP contribution in [0.15, 0.2) is 17.3 Å². The SMILES string of the molecule is NC1C=c2cc3c(cc2C1)=NON3. The molecule has 0 radical (unpaired) electrons. The Morgan fingerprint density at radius 1 is 1.54 bits per heavy atom. The number of nitrogens with zero attached hydrogens (tertiary/aromatic N) is 1. The van der Waals surface area contributed by atoms with Crippen molar-refractivity contribution < 1.29 is 4.94 Å². The van der Waals surface area contributed by atoms with Crippen LogP contribution in [0.25, 0.3) is 6.08 Å². The largest absolute Gasteiger partial charge is 0.324 e. The number of anilines is 1. The van der Waals surface area contributed by atoms with Crippen molar-refractivity contribution in [2.45, 2.75) is 12.5 Å². The van der Waals surface area contributed by atoms with Crippen LogP contribution in [0.4, 0.5) is 5.69 Å². The Labute approximate surface area is 74.6 Å². The highest BCUT2D eigenvalue weighted by Crippen LogP contribution is 2.08. The molecule has 0 bridgehead atoms. The summed E-state index contributed by atoms with van der Waals surface area (Å²) < 4.78 is 0. The van der Waals surface area contributed by atoms with E-state index in [1.807, 2.05) is 12.1 Å². The number of benzene rings is 1. The van der Waals surface area contributed by atoms with E-state index in [1.54, 1.807) is 0 Å². The van der Waals surface area contributed by atoms with Gasteiger partial charge in [-0.2, -0.15) is 5.48 Å². The number of rotatable bonds is 0. The van der Waals surface area contributed by atoms with Gasteiger partial charge in [-0.1, -0.05) is 11.2 Å². The lowest BCUT2D eigenvalue weighted by molar-refractivity contribution is 0.213. The van der Waals surface area contributed by atoms with Crippen LogP contribution in [0.2, 0.25) is 0 Å². The highest BCUT2D eigenvalue weighted by Gasteiger charge is 2.14. The van der Waals surface area contributed by atoms with Gasteiger partial charge < -0.3 is 5.73 Å². The maximum absolute atomic E-state index is 5.81. The molecule has 1 aromatic carbocycles. The van der Waals surface area contributed by atoms with Gasteiger partial charge in [0.25, 0.3) is 0 Å². The zero-order chi connectivity index (χ0) is 8.84. The van der Waals surface area contributed by atoms with Gasteiger partial charge in [0.2, 0.25) is 0 Å². The van der Waals surface area contributed by atoms with E-state index < -0.39 is 0 Å². The average Bonchev–Trinajstić information content (AvgIpc) is 2.63. The van der Waals surface area contributed by atoms with E-state index in [-0.39, 0.29) is 6.04 Å². The van der Waals surface area contributed by atoms with E-state index in [9.17, 15) is 0 Å². The van der Waals surface area contributed by atoms with Crippen LogP contribution in [-0.2, 0) is 11.4 Å². The fourth-order valence-corrected chi connectivity index (χ4v) is 1.80. The summed E-state index contributed by atoms with van der Waals surface area (Å²) in [5, 5.41) is 5.89. The minimum Gasteiger partial charge on any atom is -0.324 e. The molecule has 1 heterocycles. The lowest BCUT2D eigenvalue weighted by atomic mass is 10.1. The summed E-state index contributed by atoms with van der Waals surface area (Å²) in [4.78, 5) is 4.75. The molecule has 0 spiro atoms. The Morgan fingerprint density at radius 3 is 3.38 bits per heavy atom. The fourth-order valence-electron chi connectivity index (χ4n) is 1.80. The minimum absolute atomic E-state index is 0.151. The molecule has 4 heteroatoms. The van der Waals surface area contributed by atoms with Crippen molar-refractivity contribution in [3.63, 3.8) is 0 Å². The molecular formula is C9H9N3O. The molecule has 0 saturated carbocycles.